The van der Waals surface area contributed by atoms with Crippen molar-refractivity contribution in [3.63, 3.8) is 0 Å². The van der Waals surface area contributed by atoms with E-state index in [0.29, 0.717) is 18.7 Å². The van der Waals surface area contributed by atoms with Gasteiger partial charge < -0.3 is 13.3 Å². The third-order valence-electron chi connectivity index (χ3n) is 3.21. The zero-order valence-corrected chi connectivity index (χ0v) is 14.8. The standard InChI is InChI=1S/C16H27NO3Si/c1-14(2)11-15(3)17-13-20-21(18-4,19-5)12-16-9-7-6-8-10-16/h6-10,14H,11-13H2,1-5H3. The van der Waals surface area contributed by atoms with Crippen molar-refractivity contribution in [1.29, 1.82) is 0 Å². The third-order valence-corrected chi connectivity index (χ3v) is 5.86. The molecule has 118 valence electrons. The minimum absolute atomic E-state index is 0.291. The van der Waals surface area contributed by atoms with Gasteiger partial charge in [0, 0.05) is 26.0 Å². The molecular formula is C16H27NO3Si. The van der Waals surface area contributed by atoms with E-state index in [2.05, 4.69) is 31.0 Å². The van der Waals surface area contributed by atoms with Crippen LogP contribution in [0.5, 0.6) is 0 Å². The predicted octanol–water partition coefficient (Wildman–Crippen LogP) is 3.48. The molecule has 5 heteroatoms. The van der Waals surface area contributed by atoms with Crippen molar-refractivity contribution in [2.75, 3.05) is 21.0 Å². The molecule has 0 saturated heterocycles. The smallest absolute Gasteiger partial charge is 0.377 e. The Hall–Kier alpha value is -1.01. The largest absolute Gasteiger partial charge is 0.506 e. The van der Waals surface area contributed by atoms with Gasteiger partial charge in [0.05, 0.1) is 0 Å². The Bertz CT molecular complexity index is 430. The zero-order valence-electron chi connectivity index (χ0n) is 13.8. The molecule has 0 unspecified atom stereocenters. The van der Waals surface area contributed by atoms with Crippen molar-refractivity contribution in [1.82, 2.24) is 0 Å². The normalized spacial score (nSPS) is 13.0. The second kappa shape index (κ2) is 9.10. The molecule has 0 aliphatic carbocycles. The third kappa shape index (κ3) is 6.52. The molecule has 0 N–H and O–H groups in total. The molecule has 0 atom stereocenters. The SMILES string of the molecule is CO[Si](Cc1ccccc1)(OC)OCN=C(C)CC(C)C. The van der Waals surface area contributed by atoms with Gasteiger partial charge in [0.15, 0.2) is 0 Å². The lowest BCUT2D eigenvalue weighted by molar-refractivity contribution is 0.101. The van der Waals surface area contributed by atoms with Crippen LogP contribution in [-0.4, -0.2) is 35.5 Å². The fraction of sp³-hybridized carbons (Fsp3) is 0.562. The first-order chi connectivity index (χ1) is 10.0. The molecule has 4 nitrogen and oxygen atoms in total. The van der Waals surface area contributed by atoms with Gasteiger partial charge in [0.1, 0.15) is 6.73 Å². The lowest BCUT2D eigenvalue weighted by Gasteiger charge is -2.25. The molecule has 0 saturated carbocycles. The first kappa shape index (κ1) is 18.0. The molecule has 0 heterocycles. The molecule has 0 fully saturated rings. The minimum atomic E-state index is -2.70. The molecule has 1 aromatic carbocycles. The van der Waals surface area contributed by atoms with Crippen LogP contribution in [0.25, 0.3) is 0 Å². The van der Waals surface area contributed by atoms with Crippen LogP contribution in [0, 0.1) is 5.92 Å². The predicted molar refractivity (Wildman–Crippen MR) is 88.4 cm³/mol. The summed E-state index contributed by atoms with van der Waals surface area (Å²) in [6, 6.07) is 10.8. The lowest BCUT2D eigenvalue weighted by atomic mass is 10.1. The Morgan fingerprint density at radius 2 is 1.76 bits per heavy atom. The number of benzene rings is 1. The highest BCUT2D eigenvalue weighted by Crippen LogP contribution is 2.15. The van der Waals surface area contributed by atoms with E-state index in [0.717, 1.165) is 17.7 Å². The molecule has 0 spiro atoms. The van der Waals surface area contributed by atoms with E-state index in [4.69, 9.17) is 13.3 Å². The van der Waals surface area contributed by atoms with Crippen molar-refractivity contribution in [3.05, 3.63) is 35.9 Å². The summed E-state index contributed by atoms with van der Waals surface area (Å²) in [7, 11) is 0.586. The molecule has 0 aromatic heterocycles. The molecule has 0 radical (unpaired) electrons. The Balaban J connectivity index is 2.64. The summed E-state index contributed by atoms with van der Waals surface area (Å²) < 4.78 is 17.0. The van der Waals surface area contributed by atoms with Gasteiger partial charge in [-0.2, -0.15) is 0 Å². The molecule has 0 bridgehead atoms. The van der Waals surface area contributed by atoms with Gasteiger partial charge in [-0.15, -0.1) is 0 Å². The number of nitrogens with zero attached hydrogens (tertiary/aromatic N) is 1. The van der Waals surface area contributed by atoms with E-state index in [1.807, 2.05) is 25.1 Å². The molecule has 0 aliphatic heterocycles. The maximum absolute atomic E-state index is 5.89. The Morgan fingerprint density at radius 1 is 1.14 bits per heavy atom. The Kier molecular flexibility index (Phi) is 7.81. The lowest BCUT2D eigenvalue weighted by Crippen LogP contribution is -2.46. The van der Waals surface area contributed by atoms with Crippen molar-refractivity contribution < 1.29 is 13.3 Å². The van der Waals surface area contributed by atoms with Gasteiger partial charge in [-0.1, -0.05) is 44.2 Å². The molecule has 1 aromatic rings. The van der Waals surface area contributed by atoms with Crippen LogP contribution in [-0.2, 0) is 19.3 Å². The van der Waals surface area contributed by atoms with E-state index < -0.39 is 8.80 Å². The van der Waals surface area contributed by atoms with E-state index in [9.17, 15) is 0 Å². The van der Waals surface area contributed by atoms with Crippen LogP contribution < -0.4 is 0 Å². The molecule has 1 rings (SSSR count). The summed E-state index contributed by atoms with van der Waals surface area (Å²) in [6.45, 7) is 6.68. The van der Waals surface area contributed by atoms with E-state index in [-0.39, 0.29) is 0 Å². The summed E-state index contributed by atoms with van der Waals surface area (Å²) in [4.78, 5) is 4.46. The van der Waals surface area contributed by atoms with Crippen LogP contribution in [0.3, 0.4) is 0 Å². The number of hydrogen-bond acceptors (Lipinski definition) is 4. The van der Waals surface area contributed by atoms with E-state index in [1.165, 1.54) is 0 Å². The highest BCUT2D eigenvalue weighted by Gasteiger charge is 2.39. The van der Waals surface area contributed by atoms with E-state index in [1.54, 1.807) is 14.2 Å². The van der Waals surface area contributed by atoms with Crippen LogP contribution in [0.1, 0.15) is 32.8 Å². The van der Waals surface area contributed by atoms with Crippen molar-refractivity contribution in [2.45, 2.75) is 33.2 Å². The van der Waals surface area contributed by atoms with Crippen molar-refractivity contribution in [2.24, 2.45) is 10.9 Å². The molecule has 0 aliphatic rings. The maximum atomic E-state index is 5.89. The fourth-order valence-electron chi connectivity index (χ4n) is 2.14. The Labute approximate surface area is 129 Å². The van der Waals surface area contributed by atoms with Crippen molar-refractivity contribution in [3.8, 4) is 0 Å². The summed E-state index contributed by atoms with van der Waals surface area (Å²) in [5.74, 6) is 0.602. The summed E-state index contributed by atoms with van der Waals surface area (Å²) in [6.07, 6.45) is 0.983. The average molecular weight is 309 g/mol. The maximum Gasteiger partial charge on any atom is 0.506 e. The molecule has 0 amide bonds. The van der Waals surface area contributed by atoms with Gasteiger partial charge in [-0.05, 0) is 24.8 Å². The second-order valence-electron chi connectivity index (χ2n) is 5.52. The monoisotopic (exact) mass is 309 g/mol. The first-order valence-corrected chi connectivity index (χ1v) is 9.22. The van der Waals surface area contributed by atoms with Crippen molar-refractivity contribution >= 4 is 14.5 Å². The van der Waals surface area contributed by atoms with E-state index >= 15 is 0 Å². The number of hydrogen-bond donors (Lipinski definition) is 0. The van der Waals surface area contributed by atoms with Gasteiger partial charge in [-0.3, -0.25) is 4.99 Å². The van der Waals surface area contributed by atoms with Gasteiger partial charge in [0.2, 0.25) is 0 Å². The number of rotatable bonds is 9. The zero-order chi connectivity index (χ0) is 15.7. The highest BCUT2D eigenvalue weighted by molar-refractivity contribution is 6.60. The first-order valence-electron chi connectivity index (χ1n) is 7.29. The topological polar surface area (TPSA) is 40.0 Å². The molecule has 21 heavy (non-hydrogen) atoms. The van der Waals surface area contributed by atoms with Gasteiger partial charge in [0.25, 0.3) is 0 Å². The minimum Gasteiger partial charge on any atom is -0.377 e. The second-order valence-corrected chi connectivity index (χ2v) is 8.34. The van der Waals surface area contributed by atoms with Crippen LogP contribution in [0.15, 0.2) is 35.3 Å². The van der Waals surface area contributed by atoms with Crippen LogP contribution in [0.4, 0.5) is 0 Å². The van der Waals surface area contributed by atoms with Crippen LogP contribution in [0.2, 0.25) is 0 Å². The van der Waals surface area contributed by atoms with Gasteiger partial charge in [-0.25, -0.2) is 0 Å². The summed E-state index contributed by atoms with van der Waals surface area (Å²) in [5, 5.41) is 0. The quantitative estimate of drug-likeness (QED) is 0.518. The van der Waals surface area contributed by atoms with Crippen LogP contribution >= 0.6 is 0 Å². The Morgan fingerprint density at radius 3 is 2.29 bits per heavy atom. The average Bonchev–Trinajstić information content (AvgIpc) is 2.46. The highest BCUT2D eigenvalue weighted by atomic mass is 28.4. The number of aliphatic imine (C=N–C) groups is 1. The summed E-state index contributed by atoms with van der Waals surface area (Å²) >= 11 is 0. The molecular weight excluding hydrogens is 282 g/mol. The fourth-order valence-corrected chi connectivity index (χ4v) is 3.93. The summed E-state index contributed by atoms with van der Waals surface area (Å²) in [5.41, 5.74) is 2.25. The van der Waals surface area contributed by atoms with Gasteiger partial charge >= 0.3 is 8.80 Å².